The van der Waals surface area contributed by atoms with E-state index in [1.165, 1.54) is 18.3 Å². The van der Waals surface area contributed by atoms with E-state index in [4.69, 9.17) is 11.5 Å². The van der Waals surface area contributed by atoms with Crippen molar-refractivity contribution in [2.24, 2.45) is 11.5 Å². The summed E-state index contributed by atoms with van der Waals surface area (Å²) in [7, 11) is 0. The Morgan fingerprint density at radius 1 is 1.28 bits per heavy atom. The zero-order chi connectivity index (χ0) is 13.5. The van der Waals surface area contributed by atoms with E-state index in [0.29, 0.717) is 5.03 Å². The lowest BCUT2D eigenvalue weighted by atomic mass is 10.3. The molecule has 0 aromatic carbocycles. The fourth-order valence-corrected chi connectivity index (χ4v) is 1.74. The van der Waals surface area contributed by atoms with E-state index in [0.717, 1.165) is 11.8 Å². The van der Waals surface area contributed by atoms with Crippen LogP contribution in [0.4, 0.5) is 0 Å². The Balaban J connectivity index is 2.77. The first-order valence-corrected chi connectivity index (χ1v) is 5.81. The third kappa shape index (κ3) is 4.42. The number of primary amides is 2. The van der Waals surface area contributed by atoms with Gasteiger partial charge in [-0.2, -0.15) is 0 Å². The summed E-state index contributed by atoms with van der Waals surface area (Å²) >= 11 is 1.02. The SMILES string of the molecule is NC(=O)COC(=O)c1cccnc1SCC(N)=O. The van der Waals surface area contributed by atoms with Gasteiger partial charge in [0.25, 0.3) is 5.91 Å². The van der Waals surface area contributed by atoms with Gasteiger partial charge in [-0.05, 0) is 12.1 Å². The van der Waals surface area contributed by atoms with Crippen molar-refractivity contribution in [3.63, 3.8) is 0 Å². The Morgan fingerprint density at radius 3 is 2.61 bits per heavy atom. The zero-order valence-corrected chi connectivity index (χ0v) is 10.1. The number of nitrogens with two attached hydrogens (primary N) is 2. The smallest absolute Gasteiger partial charge is 0.341 e. The molecule has 2 amide bonds. The van der Waals surface area contributed by atoms with Crippen LogP contribution in [-0.4, -0.2) is 35.1 Å². The molecule has 4 N–H and O–H groups in total. The molecule has 1 aromatic rings. The molecule has 0 atom stereocenters. The molecule has 8 heteroatoms. The predicted octanol–water partition coefficient (Wildman–Crippen LogP) is -0.699. The molecule has 0 aliphatic rings. The van der Waals surface area contributed by atoms with E-state index in [1.807, 2.05) is 0 Å². The largest absolute Gasteiger partial charge is 0.452 e. The van der Waals surface area contributed by atoms with Gasteiger partial charge >= 0.3 is 5.97 Å². The highest BCUT2D eigenvalue weighted by Crippen LogP contribution is 2.20. The third-order valence-corrected chi connectivity index (χ3v) is 2.72. The maximum absolute atomic E-state index is 11.6. The fourth-order valence-electron chi connectivity index (χ4n) is 1.02. The molecule has 0 aliphatic carbocycles. The van der Waals surface area contributed by atoms with E-state index >= 15 is 0 Å². The third-order valence-electron chi connectivity index (χ3n) is 1.69. The first-order chi connectivity index (χ1) is 8.50. The van der Waals surface area contributed by atoms with Crippen LogP contribution in [0.25, 0.3) is 0 Å². The predicted molar refractivity (Wildman–Crippen MR) is 63.6 cm³/mol. The lowest BCUT2D eigenvalue weighted by Gasteiger charge is -2.06. The highest BCUT2D eigenvalue weighted by molar-refractivity contribution is 8.00. The molecule has 0 radical (unpaired) electrons. The highest BCUT2D eigenvalue weighted by atomic mass is 32.2. The van der Waals surface area contributed by atoms with Gasteiger partial charge in [0, 0.05) is 6.20 Å². The second kappa shape index (κ2) is 6.60. The monoisotopic (exact) mass is 269 g/mol. The van der Waals surface area contributed by atoms with E-state index in [1.54, 1.807) is 0 Å². The van der Waals surface area contributed by atoms with Crippen molar-refractivity contribution in [3.8, 4) is 0 Å². The highest BCUT2D eigenvalue weighted by Gasteiger charge is 2.15. The molecule has 0 saturated carbocycles. The molecule has 0 unspecified atom stereocenters. The van der Waals surface area contributed by atoms with Crippen molar-refractivity contribution in [1.29, 1.82) is 0 Å². The average molecular weight is 269 g/mol. The maximum Gasteiger partial charge on any atom is 0.341 e. The first kappa shape index (κ1) is 14.0. The minimum Gasteiger partial charge on any atom is -0.452 e. The number of esters is 1. The van der Waals surface area contributed by atoms with Gasteiger partial charge in [-0.1, -0.05) is 11.8 Å². The second-order valence-electron chi connectivity index (χ2n) is 3.15. The molecule has 1 rings (SSSR count). The number of pyridine rings is 1. The van der Waals surface area contributed by atoms with Crippen molar-refractivity contribution in [1.82, 2.24) is 4.98 Å². The van der Waals surface area contributed by atoms with Crippen LogP contribution in [0, 0.1) is 0 Å². The van der Waals surface area contributed by atoms with Crippen LogP contribution in [0.15, 0.2) is 23.4 Å². The van der Waals surface area contributed by atoms with Crippen molar-refractivity contribution in [2.45, 2.75) is 5.03 Å². The molecule has 1 heterocycles. The molecular weight excluding hydrogens is 258 g/mol. The van der Waals surface area contributed by atoms with Crippen LogP contribution in [0.2, 0.25) is 0 Å². The summed E-state index contributed by atoms with van der Waals surface area (Å²) in [6.45, 7) is -0.506. The van der Waals surface area contributed by atoms with Gasteiger partial charge in [0.2, 0.25) is 5.91 Å². The van der Waals surface area contributed by atoms with E-state index < -0.39 is 24.4 Å². The molecule has 0 bridgehead atoms. The molecule has 0 saturated heterocycles. The van der Waals surface area contributed by atoms with Gasteiger partial charge in [-0.15, -0.1) is 0 Å². The van der Waals surface area contributed by atoms with Crippen LogP contribution >= 0.6 is 11.8 Å². The number of carbonyl (C=O) groups excluding carboxylic acids is 3. The average Bonchev–Trinajstić information content (AvgIpc) is 2.33. The van der Waals surface area contributed by atoms with Crippen LogP contribution < -0.4 is 11.5 Å². The van der Waals surface area contributed by atoms with Crippen molar-refractivity contribution >= 4 is 29.5 Å². The van der Waals surface area contributed by atoms with Gasteiger partial charge in [0.15, 0.2) is 6.61 Å². The van der Waals surface area contributed by atoms with Gasteiger partial charge in [0.05, 0.1) is 11.3 Å². The minimum absolute atomic E-state index is 0.00683. The Kier molecular flexibility index (Phi) is 5.12. The summed E-state index contributed by atoms with van der Waals surface area (Å²) < 4.78 is 4.65. The number of ether oxygens (including phenoxy) is 1. The lowest BCUT2D eigenvalue weighted by molar-refractivity contribution is -0.121. The molecule has 0 spiro atoms. The Hall–Kier alpha value is -2.09. The molecule has 7 nitrogen and oxygen atoms in total. The summed E-state index contributed by atoms with van der Waals surface area (Å²) in [5.74, 6) is -2.01. The van der Waals surface area contributed by atoms with Crippen LogP contribution in [0.1, 0.15) is 10.4 Å². The van der Waals surface area contributed by atoms with E-state index in [2.05, 4.69) is 9.72 Å². The number of amides is 2. The van der Waals surface area contributed by atoms with E-state index in [-0.39, 0.29) is 11.3 Å². The van der Waals surface area contributed by atoms with Gasteiger partial charge in [-0.25, -0.2) is 9.78 Å². The van der Waals surface area contributed by atoms with Gasteiger partial charge in [0.1, 0.15) is 5.03 Å². The molecule has 96 valence electrons. The zero-order valence-electron chi connectivity index (χ0n) is 9.29. The normalized spacial score (nSPS) is 9.78. The number of carbonyl (C=O) groups is 3. The van der Waals surface area contributed by atoms with Gasteiger partial charge in [-0.3, -0.25) is 9.59 Å². The van der Waals surface area contributed by atoms with Crippen LogP contribution in [0.5, 0.6) is 0 Å². The number of aromatic nitrogens is 1. The Labute approximate surface area is 107 Å². The summed E-state index contributed by atoms with van der Waals surface area (Å²) in [5.41, 5.74) is 10.0. The number of nitrogens with zero attached hydrogens (tertiary/aromatic N) is 1. The van der Waals surface area contributed by atoms with Crippen molar-refractivity contribution in [2.75, 3.05) is 12.4 Å². The summed E-state index contributed by atoms with van der Waals surface area (Å²) in [5, 5.41) is 0.311. The summed E-state index contributed by atoms with van der Waals surface area (Å²) in [4.78, 5) is 36.7. The fraction of sp³-hybridized carbons (Fsp3) is 0.200. The standard InChI is InChI=1S/C10H11N3O4S/c11-7(14)4-17-10(16)6-2-1-3-13-9(6)18-5-8(12)15/h1-3H,4-5H2,(H2,11,14)(H2,12,15). The number of rotatable bonds is 6. The summed E-state index contributed by atoms with van der Waals surface area (Å²) in [6.07, 6.45) is 1.47. The maximum atomic E-state index is 11.6. The molecule has 0 aliphatic heterocycles. The topological polar surface area (TPSA) is 125 Å². The van der Waals surface area contributed by atoms with Crippen LogP contribution in [0.3, 0.4) is 0 Å². The molecule has 0 fully saturated rings. The van der Waals surface area contributed by atoms with Crippen molar-refractivity contribution in [3.05, 3.63) is 23.9 Å². The van der Waals surface area contributed by atoms with Crippen LogP contribution in [-0.2, 0) is 14.3 Å². The lowest BCUT2D eigenvalue weighted by Crippen LogP contribution is -2.21. The number of thioether (sulfide) groups is 1. The second-order valence-corrected chi connectivity index (χ2v) is 4.12. The molecular formula is C10H11N3O4S. The molecule has 1 aromatic heterocycles. The minimum atomic E-state index is -0.751. The summed E-state index contributed by atoms with van der Waals surface area (Å²) in [6, 6.07) is 3.01. The quantitative estimate of drug-likeness (QED) is 0.519. The van der Waals surface area contributed by atoms with Crippen molar-refractivity contribution < 1.29 is 19.1 Å². The van der Waals surface area contributed by atoms with Gasteiger partial charge < -0.3 is 16.2 Å². The Morgan fingerprint density at radius 2 is 2.00 bits per heavy atom. The molecule has 18 heavy (non-hydrogen) atoms. The Bertz CT molecular complexity index is 478. The number of hydrogen-bond acceptors (Lipinski definition) is 6. The number of hydrogen-bond donors (Lipinski definition) is 2. The first-order valence-electron chi connectivity index (χ1n) is 4.82. The van der Waals surface area contributed by atoms with E-state index in [9.17, 15) is 14.4 Å².